The summed E-state index contributed by atoms with van der Waals surface area (Å²) in [4.78, 5) is 40.3. The number of benzene rings is 1. The van der Waals surface area contributed by atoms with Gasteiger partial charge in [0.15, 0.2) is 5.78 Å². The molecule has 1 aromatic carbocycles. The highest BCUT2D eigenvalue weighted by atomic mass is 19.1. The Balaban J connectivity index is 1.88. The van der Waals surface area contributed by atoms with E-state index in [1.165, 1.54) is 25.1 Å². The Kier molecular flexibility index (Phi) is 3.48. The number of hydrogen-bond donors (Lipinski definition) is 2. The van der Waals surface area contributed by atoms with E-state index >= 15 is 0 Å². The van der Waals surface area contributed by atoms with E-state index < -0.39 is 35.6 Å². The molecule has 1 fully saturated rings. The lowest BCUT2D eigenvalue weighted by molar-refractivity contribution is -0.130. The van der Waals surface area contributed by atoms with E-state index in [1.54, 1.807) is 24.4 Å². The minimum atomic E-state index is -1.53. The van der Waals surface area contributed by atoms with E-state index in [1.807, 2.05) is 0 Å². The molecule has 1 aromatic heterocycles. The van der Waals surface area contributed by atoms with Gasteiger partial charge in [0.25, 0.3) is 5.91 Å². The molecule has 0 aliphatic carbocycles. The van der Waals surface area contributed by atoms with Crippen LogP contribution in [0.25, 0.3) is 0 Å². The second-order valence-electron chi connectivity index (χ2n) is 5.43. The molecule has 0 spiro atoms. The largest absolute Gasteiger partial charge is 0.359 e. The molecule has 118 valence electrons. The lowest BCUT2D eigenvalue weighted by Gasteiger charge is -2.22. The number of ketones is 1. The molecule has 0 radical (unpaired) electrons. The van der Waals surface area contributed by atoms with Gasteiger partial charge >= 0.3 is 6.03 Å². The number of nitrogens with zero attached hydrogens (tertiary/aromatic N) is 1. The molecule has 0 bridgehead atoms. The van der Waals surface area contributed by atoms with Crippen molar-refractivity contribution in [1.82, 2.24) is 15.2 Å². The zero-order chi connectivity index (χ0) is 16.6. The normalized spacial score (nSPS) is 20.7. The average Bonchev–Trinajstić information content (AvgIpc) is 3.12. The van der Waals surface area contributed by atoms with Crippen LogP contribution in [0.2, 0.25) is 0 Å². The summed E-state index contributed by atoms with van der Waals surface area (Å²) in [6.07, 6.45) is 1.57. The first-order valence-corrected chi connectivity index (χ1v) is 6.99. The van der Waals surface area contributed by atoms with Crippen LogP contribution in [-0.2, 0) is 10.3 Å². The minimum absolute atomic E-state index is 0.0631. The first-order valence-electron chi connectivity index (χ1n) is 6.99. The lowest BCUT2D eigenvalue weighted by Crippen LogP contribution is -2.42. The van der Waals surface area contributed by atoms with Gasteiger partial charge in [0.2, 0.25) is 0 Å². The maximum atomic E-state index is 14.0. The Morgan fingerprint density at radius 1 is 1.22 bits per heavy atom. The number of imide groups is 1. The highest BCUT2D eigenvalue weighted by Crippen LogP contribution is 2.30. The van der Waals surface area contributed by atoms with Gasteiger partial charge in [0.1, 0.15) is 11.4 Å². The van der Waals surface area contributed by atoms with Crippen LogP contribution >= 0.6 is 0 Å². The first kappa shape index (κ1) is 15.0. The van der Waals surface area contributed by atoms with Crippen molar-refractivity contribution in [3.05, 3.63) is 59.7 Å². The van der Waals surface area contributed by atoms with Crippen molar-refractivity contribution >= 4 is 17.7 Å². The van der Waals surface area contributed by atoms with Gasteiger partial charge < -0.3 is 10.3 Å². The van der Waals surface area contributed by atoms with Gasteiger partial charge in [0.05, 0.1) is 12.2 Å². The van der Waals surface area contributed by atoms with E-state index in [4.69, 9.17) is 0 Å². The average molecular weight is 315 g/mol. The van der Waals surface area contributed by atoms with Crippen LogP contribution in [0.4, 0.5) is 9.18 Å². The van der Waals surface area contributed by atoms with Crippen LogP contribution in [0.15, 0.2) is 42.6 Å². The molecule has 2 heterocycles. The number of amides is 3. The van der Waals surface area contributed by atoms with Crippen LogP contribution in [-0.4, -0.2) is 34.2 Å². The summed E-state index contributed by atoms with van der Waals surface area (Å²) in [7, 11) is 0. The number of rotatable bonds is 4. The second kappa shape index (κ2) is 5.35. The molecule has 1 atom stereocenters. The summed E-state index contributed by atoms with van der Waals surface area (Å²) in [5.41, 5.74) is -1.17. The molecule has 1 aliphatic rings. The number of Topliss-reactive ketones (excluding diaryl/α,β-unsaturated/α-hetero) is 1. The van der Waals surface area contributed by atoms with Gasteiger partial charge in [-0.2, -0.15) is 0 Å². The van der Waals surface area contributed by atoms with E-state index in [-0.39, 0.29) is 5.56 Å². The summed E-state index contributed by atoms with van der Waals surface area (Å²) >= 11 is 0. The van der Waals surface area contributed by atoms with Crippen LogP contribution in [0.3, 0.4) is 0 Å². The molecule has 23 heavy (non-hydrogen) atoms. The molecule has 6 nitrogen and oxygen atoms in total. The Morgan fingerprint density at radius 3 is 2.61 bits per heavy atom. The molecule has 1 aliphatic heterocycles. The number of carbonyl (C=O) groups is 3. The summed E-state index contributed by atoms with van der Waals surface area (Å²) in [5, 5.41) is 2.47. The molecule has 0 saturated carbocycles. The second-order valence-corrected chi connectivity index (χ2v) is 5.43. The van der Waals surface area contributed by atoms with Crippen molar-refractivity contribution in [3.63, 3.8) is 0 Å². The summed E-state index contributed by atoms with van der Waals surface area (Å²) < 4.78 is 14.0. The van der Waals surface area contributed by atoms with Gasteiger partial charge in [-0.05, 0) is 25.1 Å². The van der Waals surface area contributed by atoms with Gasteiger partial charge in [-0.1, -0.05) is 18.2 Å². The summed E-state index contributed by atoms with van der Waals surface area (Å²) in [5.74, 6) is -1.66. The molecular weight excluding hydrogens is 301 g/mol. The van der Waals surface area contributed by atoms with E-state index in [0.717, 1.165) is 4.90 Å². The van der Waals surface area contributed by atoms with Gasteiger partial charge in [-0.25, -0.2) is 9.18 Å². The number of hydrogen-bond acceptors (Lipinski definition) is 3. The molecule has 0 unspecified atom stereocenters. The number of aromatic amines is 1. The molecular formula is C16H14FN3O3. The molecule has 2 aromatic rings. The third-order valence-electron chi connectivity index (χ3n) is 3.89. The van der Waals surface area contributed by atoms with E-state index in [9.17, 15) is 18.8 Å². The predicted molar refractivity (Wildman–Crippen MR) is 79.1 cm³/mol. The number of urea groups is 1. The molecule has 2 N–H and O–H groups in total. The third kappa shape index (κ3) is 2.40. The molecule has 3 amide bonds. The fraction of sp³-hybridized carbons (Fsp3) is 0.188. The van der Waals surface area contributed by atoms with Gasteiger partial charge in [0, 0.05) is 11.8 Å². The summed E-state index contributed by atoms with van der Waals surface area (Å²) in [6.45, 7) is 1.01. The number of H-pyrrole nitrogens is 1. The smallest absolute Gasteiger partial charge is 0.325 e. The maximum Gasteiger partial charge on any atom is 0.325 e. The van der Waals surface area contributed by atoms with Gasteiger partial charge in [-0.3, -0.25) is 14.5 Å². The molecule has 3 rings (SSSR count). The van der Waals surface area contributed by atoms with Crippen molar-refractivity contribution in [1.29, 1.82) is 0 Å². The topological polar surface area (TPSA) is 82.3 Å². The van der Waals surface area contributed by atoms with E-state index in [0.29, 0.717) is 5.69 Å². The number of nitrogens with one attached hydrogen (secondary N) is 2. The fourth-order valence-corrected chi connectivity index (χ4v) is 2.62. The van der Waals surface area contributed by atoms with Gasteiger partial charge in [-0.15, -0.1) is 0 Å². The highest BCUT2D eigenvalue weighted by Gasteiger charge is 2.50. The fourth-order valence-electron chi connectivity index (χ4n) is 2.62. The Labute approximate surface area is 131 Å². The minimum Gasteiger partial charge on any atom is -0.359 e. The number of aromatic nitrogens is 1. The van der Waals surface area contributed by atoms with Crippen molar-refractivity contribution in [2.45, 2.75) is 12.5 Å². The Bertz CT molecular complexity index is 788. The van der Waals surface area contributed by atoms with E-state index in [2.05, 4.69) is 10.3 Å². The highest BCUT2D eigenvalue weighted by molar-refractivity contribution is 6.10. The van der Waals surface area contributed by atoms with Crippen LogP contribution in [0, 0.1) is 5.82 Å². The quantitative estimate of drug-likeness (QED) is 0.667. The van der Waals surface area contributed by atoms with Crippen LogP contribution in [0.1, 0.15) is 23.0 Å². The van der Waals surface area contributed by atoms with Crippen molar-refractivity contribution in [3.8, 4) is 0 Å². The summed E-state index contributed by atoms with van der Waals surface area (Å²) in [6, 6.07) is 8.20. The maximum absolute atomic E-state index is 14.0. The Hall–Kier alpha value is -2.96. The third-order valence-corrected chi connectivity index (χ3v) is 3.89. The molecule has 1 saturated heterocycles. The predicted octanol–water partition coefficient (Wildman–Crippen LogP) is 1.80. The van der Waals surface area contributed by atoms with Crippen molar-refractivity contribution in [2.24, 2.45) is 0 Å². The SMILES string of the molecule is C[C@@]1(c2ccccc2F)NC(=O)N(CC(=O)c2ccc[nH]2)C1=O. The Morgan fingerprint density at radius 2 is 1.96 bits per heavy atom. The van der Waals surface area contributed by atoms with Crippen molar-refractivity contribution < 1.29 is 18.8 Å². The van der Waals surface area contributed by atoms with Crippen molar-refractivity contribution in [2.75, 3.05) is 6.54 Å². The monoisotopic (exact) mass is 315 g/mol. The first-order chi connectivity index (χ1) is 10.9. The van der Waals surface area contributed by atoms with Crippen LogP contribution in [0.5, 0.6) is 0 Å². The number of carbonyl (C=O) groups excluding carboxylic acids is 3. The standard InChI is InChI=1S/C16H14FN3O3/c1-16(10-5-2-3-6-11(10)17)14(22)20(15(23)19-16)9-13(21)12-7-4-8-18-12/h2-8,18H,9H2,1H3,(H,19,23)/t16-/m0/s1. The zero-order valence-corrected chi connectivity index (χ0v) is 12.3. The van der Waals surface area contributed by atoms with Crippen LogP contribution < -0.4 is 5.32 Å². The number of halogens is 1. The lowest BCUT2D eigenvalue weighted by atomic mass is 9.91. The molecule has 7 heteroatoms. The zero-order valence-electron chi connectivity index (χ0n) is 12.3.